The molecule has 0 radical (unpaired) electrons. The Morgan fingerprint density at radius 1 is 1.06 bits per heavy atom. The van der Waals surface area contributed by atoms with E-state index in [1.165, 1.54) is 5.56 Å². The average Bonchev–Trinajstić information content (AvgIpc) is 3.38. The largest absolute Gasteiger partial charge is 0.493 e. The van der Waals surface area contributed by atoms with Gasteiger partial charge in [0.25, 0.3) is 11.5 Å². The van der Waals surface area contributed by atoms with E-state index in [9.17, 15) is 14.7 Å². The Labute approximate surface area is 207 Å². The van der Waals surface area contributed by atoms with E-state index < -0.39 is 17.3 Å². The Bertz CT molecular complexity index is 1190. The molecule has 1 N–H and O–H groups in total. The summed E-state index contributed by atoms with van der Waals surface area (Å²) in [4.78, 5) is 33.6. The first-order valence-electron chi connectivity index (χ1n) is 12.8. The van der Waals surface area contributed by atoms with Crippen molar-refractivity contribution in [3.63, 3.8) is 0 Å². The minimum absolute atomic E-state index is 0.212. The predicted molar refractivity (Wildman–Crippen MR) is 138 cm³/mol. The highest BCUT2D eigenvalue weighted by atomic mass is 16.3. The summed E-state index contributed by atoms with van der Waals surface area (Å²) in [5.41, 5.74) is 1.53. The number of nitrogens with zero attached hydrogens (tertiary/aromatic N) is 3. The van der Waals surface area contributed by atoms with Crippen LogP contribution in [0, 0.1) is 0 Å². The van der Waals surface area contributed by atoms with Gasteiger partial charge in [-0.25, -0.2) is 0 Å². The van der Waals surface area contributed by atoms with E-state index in [0.29, 0.717) is 25.3 Å². The fourth-order valence-corrected chi connectivity index (χ4v) is 5.08. The third-order valence-corrected chi connectivity index (χ3v) is 6.94. The molecular formula is C29H35N3O3. The molecule has 1 saturated heterocycles. The molecule has 1 aromatic heterocycles. The highest BCUT2D eigenvalue weighted by Crippen LogP contribution is 2.30. The Balaban J connectivity index is 1.74. The van der Waals surface area contributed by atoms with Crippen LogP contribution in [0.4, 0.5) is 0 Å². The van der Waals surface area contributed by atoms with E-state index in [2.05, 4.69) is 31.0 Å². The highest BCUT2D eigenvalue weighted by molar-refractivity contribution is 5.96. The molecule has 4 rings (SSSR count). The molecule has 2 atom stereocenters. The summed E-state index contributed by atoms with van der Waals surface area (Å²) in [5, 5.41) is 10.8. The van der Waals surface area contributed by atoms with Gasteiger partial charge in [0.15, 0.2) is 5.56 Å². The third kappa shape index (κ3) is 5.31. The number of hydrogen-bond acceptors (Lipinski definition) is 4. The molecule has 3 aromatic rings. The van der Waals surface area contributed by atoms with Crippen molar-refractivity contribution in [3.8, 4) is 5.88 Å². The van der Waals surface area contributed by atoms with E-state index >= 15 is 0 Å². The van der Waals surface area contributed by atoms with Crippen molar-refractivity contribution in [2.24, 2.45) is 0 Å². The first kappa shape index (κ1) is 24.7. The summed E-state index contributed by atoms with van der Waals surface area (Å²) in [6.07, 6.45) is 4.79. The third-order valence-electron chi connectivity index (χ3n) is 6.94. The van der Waals surface area contributed by atoms with Gasteiger partial charge in [0.2, 0.25) is 5.88 Å². The van der Waals surface area contributed by atoms with Crippen LogP contribution in [0.15, 0.2) is 65.5 Å². The quantitative estimate of drug-likeness (QED) is 0.457. The molecule has 1 aliphatic heterocycles. The first-order valence-corrected chi connectivity index (χ1v) is 12.8. The smallest absolute Gasteiger partial charge is 0.270 e. The monoisotopic (exact) mass is 473 g/mol. The lowest BCUT2D eigenvalue weighted by atomic mass is 9.99. The molecule has 1 fully saturated rings. The molecule has 1 amide bonds. The zero-order chi connectivity index (χ0) is 24.8. The normalized spacial score (nSPS) is 16.4. The van der Waals surface area contributed by atoms with Crippen LogP contribution in [0.1, 0.15) is 85.2 Å². The molecule has 6 heteroatoms. The Hall–Kier alpha value is -3.41. The van der Waals surface area contributed by atoms with Gasteiger partial charge in [0.05, 0.1) is 6.04 Å². The van der Waals surface area contributed by atoms with Crippen molar-refractivity contribution in [3.05, 3.63) is 93.5 Å². The van der Waals surface area contributed by atoms with Gasteiger partial charge >= 0.3 is 0 Å². The molecule has 0 spiro atoms. The first-order chi connectivity index (χ1) is 17.0. The molecule has 184 valence electrons. The molecule has 2 heterocycles. The van der Waals surface area contributed by atoms with Crippen LogP contribution in [0.3, 0.4) is 0 Å². The van der Waals surface area contributed by atoms with Crippen LogP contribution in [0.2, 0.25) is 0 Å². The fourth-order valence-electron chi connectivity index (χ4n) is 5.08. The molecular weight excluding hydrogens is 438 g/mol. The van der Waals surface area contributed by atoms with Crippen LogP contribution < -0.4 is 5.56 Å². The lowest BCUT2D eigenvalue weighted by Crippen LogP contribution is -2.38. The van der Waals surface area contributed by atoms with Crippen LogP contribution in [0.25, 0.3) is 0 Å². The maximum Gasteiger partial charge on any atom is 0.270 e. The number of carbonyl (C=O) groups is 1. The summed E-state index contributed by atoms with van der Waals surface area (Å²) in [7, 11) is 0. The maximum absolute atomic E-state index is 13.9. The summed E-state index contributed by atoms with van der Waals surface area (Å²) < 4.78 is 1.67. The SMILES string of the molecule is CCCCc1nc(O)c(C(=O)N2CC[C@@H](c3ccccc3)C2)c(=O)n1[C@@H](CCC)c1ccccc1. The number of aryl methyl sites for hydroxylation is 1. The van der Waals surface area contributed by atoms with Gasteiger partial charge in [-0.15, -0.1) is 0 Å². The zero-order valence-corrected chi connectivity index (χ0v) is 20.7. The molecule has 2 aromatic carbocycles. The maximum atomic E-state index is 13.9. The number of hydrogen-bond donors (Lipinski definition) is 1. The average molecular weight is 474 g/mol. The van der Waals surface area contributed by atoms with Crippen LogP contribution >= 0.6 is 0 Å². The van der Waals surface area contributed by atoms with Gasteiger partial charge in [-0.05, 0) is 30.4 Å². The summed E-state index contributed by atoms with van der Waals surface area (Å²) >= 11 is 0. The van der Waals surface area contributed by atoms with Crippen molar-refractivity contribution in [1.29, 1.82) is 0 Å². The van der Waals surface area contributed by atoms with Crippen molar-refractivity contribution in [2.75, 3.05) is 13.1 Å². The summed E-state index contributed by atoms with van der Waals surface area (Å²) in [6.45, 7) is 5.24. The number of amides is 1. The Morgan fingerprint density at radius 2 is 1.74 bits per heavy atom. The van der Waals surface area contributed by atoms with Crippen molar-refractivity contribution in [1.82, 2.24) is 14.5 Å². The molecule has 35 heavy (non-hydrogen) atoms. The minimum Gasteiger partial charge on any atom is -0.493 e. The van der Waals surface area contributed by atoms with Gasteiger partial charge in [0.1, 0.15) is 5.82 Å². The Kier molecular flexibility index (Phi) is 8.01. The number of unbranched alkanes of at least 4 members (excludes halogenated alkanes) is 1. The van der Waals surface area contributed by atoms with E-state index in [-0.39, 0.29) is 17.5 Å². The van der Waals surface area contributed by atoms with Crippen LogP contribution in [0.5, 0.6) is 5.88 Å². The van der Waals surface area contributed by atoms with Gasteiger partial charge in [-0.2, -0.15) is 4.98 Å². The van der Waals surface area contributed by atoms with Crippen molar-refractivity contribution >= 4 is 5.91 Å². The number of rotatable bonds is 9. The van der Waals surface area contributed by atoms with Crippen LogP contribution in [-0.2, 0) is 6.42 Å². The van der Waals surface area contributed by atoms with Gasteiger partial charge in [0, 0.05) is 25.4 Å². The second kappa shape index (κ2) is 11.3. The number of carbonyl (C=O) groups excluding carboxylic acids is 1. The second-order valence-electron chi connectivity index (χ2n) is 9.37. The topological polar surface area (TPSA) is 75.4 Å². The number of benzene rings is 2. The molecule has 0 bridgehead atoms. The van der Waals surface area contributed by atoms with Gasteiger partial charge < -0.3 is 10.0 Å². The molecule has 0 unspecified atom stereocenters. The predicted octanol–water partition coefficient (Wildman–Crippen LogP) is 5.31. The molecule has 6 nitrogen and oxygen atoms in total. The summed E-state index contributed by atoms with van der Waals surface area (Å²) in [5.74, 6) is -0.124. The zero-order valence-electron chi connectivity index (χ0n) is 20.7. The standard InChI is InChI=1S/C29H35N3O3/c1-3-5-17-25-30-27(33)26(28(34)31-19-18-23(20-31)21-13-8-6-9-14-21)29(35)32(25)24(12-4-2)22-15-10-7-11-16-22/h6-11,13-16,23-24,33H,3-5,12,17-20H2,1-2H3/t23-,24+/m1/s1. The number of likely N-dealkylation sites (tertiary alicyclic amines) is 1. The van der Waals surface area contributed by atoms with Crippen molar-refractivity contribution in [2.45, 2.75) is 64.3 Å². The lowest BCUT2D eigenvalue weighted by molar-refractivity contribution is 0.0783. The molecule has 0 saturated carbocycles. The summed E-state index contributed by atoms with van der Waals surface area (Å²) in [6, 6.07) is 19.8. The van der Waals surface area contributed by atoms with Gasteiger partial charge in [-0.3, -0.25) is 14.2 Å². The number of aromatic nitrogens is 2. The fraction of sp³-hybridized carbons (Fsp3) is 0.414. The molecule has 1 aliphatic rings. The highest BCUT2D eigenvalue weighted by Gasteiger charge is 2.33. The van der Waals surface area contributed by atoms with E-state index in [1.54, 1.807) is 9.47 Å². The van der Waals surface area contributed by atoms with E-state index in [0.717, 1.165) is 37.7 Å². The van der Waals surface area contributed by atoms with E-state index in [1.807, 2.05) is 48.5 Å². The Morgan fingerprint density at radius 3 is 2.40 bits per heavy atom. The van der Waals surface area contributed by atoms with Crippen molar-refractivity contribution < 1.29 is 9.90 Å². The van der Waals surface area contributed by atoms with E-state index in [4.69, 9.17) is 0 Å². The minimum atomic E-state index is -0.450. The van der Waals surface area contributed by atoms with Crippen LogP contribution in [-0.4, -0.2) is 38.6 Å². The molecule has 0 aliphatic carbocycles. The lowest BCUT2D eigenvalue weighted by Gasteiger charge is -2.25. The number of aromatic hydroxyl groups is 1. The van der Waals surface area contributed by atoms with Gasteiger partial charge in [-0.1, -0.05) is 87.4 Å². The second-order valence-corrected chi connectivity index (χ2v) is 9.37.